The van der Waals surface area contributed by atoms with Crippen molar-refractivity contribution in [3.63, 3.8) is 0 Å². The van der Waals surface area contributed by atoms with E-state index in [9.17, 15) is 4.79 Å². The minimum absolute atomic E-state index is 0.0215. The van der Waals surface area contributed by atoms with Crippen LogP contribution in [0.2, 0.25) is 0 Å². The molecule has 0 bridgehead atoms. The molecule has 0 aliphatic carbocycles. The van der Waals surface area contributed by atoms with Crippen LogP contribution in [0.4, 0.5) is 0 Å². The van der Waals surface area contributed by atoms with Gasteiger partial charge >= 0.3 is 5.97 Å². The number of hydrogen-bond donors (Lipinski definition) is 1. The number of rotatable bonds is 3. The van der Waals surface area contributed by atoms with E-state index < -0.39 is 0 Å². The molecule has 1 rings (SSSR count). The second-order valence-corrected chi connectivity index (χ2v) is 4.38. The summed E-state index contributed by atoms with van der Waals surface area (Å²) in [7, 11) is 0. The van der Waals surface area contributed by atoms with Crippen LogP contribution < -0.4 is 0 Å². The number of nitrogens with one attached hydrogen (secondary N) is 1. The normalized spacial score (nSPS) is 9.43. The molecule has 0 aliphatic rings. The molecule has 0 atom stereocenters. The predicted octanol–water partition coefficient (Wildman–Crippen LogP) is 1.83. The molecule has 0 spiro atoms. The van der Waals surface area contributed by atoms with Crippen molar-refractivity contribution in [1.82, 2.24) is 4.98 Å². The molecular formula is C9H9NO2S2. The number of aromatic nitrogens is 1. The van der Waals surface area contributed by atoms with Gasteiger partial charge in [-0.25, -0.2) is 0 Å². The average molecular weight is 227 g/mol. The number of aromatic amines is 1. The van der Waals surface area contributed by atoms with Crippen LogP contribution in [0.3, 0.4) is 0 Å². The lowest BCUT2D eigenvalue weighted by Gasteiger charge is -1.98. The predicted molar refractivity (Wildman–Crippen MR) is 57.7 cm³/mol. The number of terminal acetylenes is 1. The highest BCUT2D eigenvalue weighted by atomic mass is 32.1. The van der Waals surface area contributed by atoms with Crippen molar-refractivity contribution in [2.24, 2.45) is 0 Å². The number of thiazole rings is 1. The van der Waals surface area contributed by atoms with Gasteiger partial charge in [0.1, 0.15) is 0 Å². The van der Waals surface area contributed by atoms with Crippen molar-refractivity contribution < 1.29 is 9.53 Å². The lowest BCUT2D eigenvalue weighted by molar-refractivity contribution is -0.141. The third-order valence-corrected chi connectivity index (χ3v) is 2.88. The fourth-order valence-corrected chi connectivity index (χ4v) is 2.19. The van der Waals surface area contributed by atoms with E-state index in [1.807, 2.05) is 6.92 Å². The highest BCUT2D eigenvalue weighted by Crippen LogP contribution is 2.15. The molecule has 0 amide bonds. The molecule has 1 heterocycles. The van der Waals surface area contributed by atoms with Gasteiger partial charge < -0.3 is 9.72 Å². The summed E-state index contributed by atoms with van der Waals surface area (Å²) in [6, 6.07) is 0. The van der Waals surface area contributed by atoms with Crippen molar-refractivity contribution in [3.05, 3.63) is 14.5 Å². The molecule has 14 heavy (non-hydrogen) atoms. The Morgan fingerprint density at radius 2 is 2.50 bits per heavy atom. The van der Waals surface area contributed by atoms with Crippen molar-refractivity contribution in [2.75, 3.05) is 6.61 Å². The van der Waals surface area contributed by atoms with Gasteiger partial charge in [0.25, 0.3) is 0 Å². The van der Waals surface area contributed by atoms with E-state index in [0.717, 1.165) is 10.6 Å². The van der Waals surface area contributed by atoms with Gasteiger partial charge in [0, 0.05) is 10.6 Å². The molecule has 1 N–H and O–H groups in total. The SMILES string of the molecule is C#CCOC(=O)Cc1sc(=S)[nH]c1C. The van der Waals surface area contributed by atoms with Crippen molar-refractivity contribution in [3.8, 4) is 12.3 Å². The van der Waals surface area contributed by atoms with Crippen LogP contribution in [0, 0.1) is 23.2 Å². The summed E-state index contributed by atoms with van der Waals surface area (Å²) < 4.78 is 5.41. The summed E-state index contributed by atoms with van der Waals surface area (Å²) in [6.07, 6.45) is 5.18. The summed E-state index contributed by atoms with van der Waals surface area (Å²) in [5, 5.41) is 0. The summed E-state index contributed by atoms with van der Waals surface area (Å²) in [4.78, 5) is 15.0. The quantitative estimate of drug-likeness (QED) is 0.486. The summed E-state index contributed by atoms with van der Waals surface area (Å²) >= 11 is 6.32. The van der Waals surface area contributed by atoms with E-state index in [-0.39, 0.29) is 19.0 Å². The number of carbonyl (C=O) groups excluding carboxylic acids is 1. The van der Waals surface area contributed by atoms with Crippen LogP contribution in [-0.2, 0) is 16.0 Å². The number of ether oxygens (including phenoxy) is 1. The lowest BCUT2D eigenvalue weighted by Crippen LogP contribution is -2.07. The van der Waals surface area contributed by atoms with E-state index in [0.29, 0.717) is 3.95 Å². The largest absolute Gasteiger partial charge is 0.452 e. The number of esters is 1. The summed E-state index contributed by atoms with van der Waals surface area (Å²) in [5.74, 6) is 1.91. The van der Waals surface area contributed by atoms with Gasteiger partial charge in [-0.15, -0.1) is 17.8 Å². The maximum atomic E-state index is 11.2. The molecular weight excluding hydrogens is 218 g/mol. The number of H-pyrrole nitrogens is 1. The molecule has 0 saturated carbocycles. The molecule has 0 unspecified atom stereocenters. The van der Waals surface area contributed by atoms with Gasteiger partial charge in [0.15, 0.2) is 10.6 Å². The fourth-order valence-electron chi connectivity index (χ4n) is 0.910. The van der Waals surface area contributed by atoms with Gasteiger partial charge in [-0.05, 0) is 19.1 Å². The second-order valence-electron chi connectivity index (χ2n) is 2.60. The van der Waals surface area contributed by atoms with Crippen LogP contribution in [0.25, 0.3) is 0 Å². The maximum absolute atomic E-state index is 11.2. The van der Waals surface area contributed by atoms with Gasteiger partial charge in [0.2, 0.25) is 0 Å². The third kappa shape index (κ3) is 2.98. The molecule has 3 nitrogen and oxygen atoms in total. The minimum Gasteiger partial charge on any atom is -0.452 e. The zero-order valence-corrected chi connectivity index (χ0v) is 9.26. The zero-order chi connectivity index (χ0) is 10.6. The average Bonchev–Trinajstić information content (AvgIpc) is 2.42. The van der Waals surface area contributed by atoms with Gasteiger partial charge in [-0.1, -0.05) is 5.92 Å². The molecule has 0 radical (unpaired) electrons. The molecule has 5 heteroatoms. The minimum atomic E-state index is -0.323. The van der Waals surface area contributed by atoms with E-state index in [2.05, 4.69) is 10.9 Å². The Morgan fingerprint density at radius 3 is 3.00 bits per heavy atom. The Morgan fingerprint density at radius 1 is 1.79 bits per heavy atom. The first-order valence-corrected chi connectivity index (χ1v) is 5.13. The first kappa shape index (κ1) is 11.0. The Balaban J connectivity index is 2.61. The Hall–Kier alpha value is -1.12. The summed E-state index contributed by atoms with van der Waals surface area (Å²) in [6.45, 7) is 1.89. The first-order valence-electron chi connectivity index (χ1n) is 3.91. The van der Waals surface area contributed by atoms with Crippen molar-refractivity contribution in [2.45, 2.75) is 13.3 Å². The molecule has 74 valence electrons. The highest BCUT2D eigenvalue weighted by Gasteiger charge is 2.08. The topological polar surface area (TPSA) is 42.1 Å². The molecule has 0 aromatic carbocycles. The monoisotopic (exact) mass is 227 g/mol. The smallest absolute Gasteiger partial charge is 0.312 e. The highest BCUT2D eigenvalue weighted by molar-refractivity contribution is 7.73. The summed E-state index contributed by atoms with van der Waals surface area (Å²) in [5.41, 5.74) is 0.914. The standard InChI is InChI=1S/C9H9NO2S2/c1-3-4-12-8(11)5-7-6(2)10-9(13)14-7/h1H,4-5H2,2H3,(H,10,13). The number of carbonyl (C=O) groups is 1. The van der Waals surface area contributed by atoms with Crippen LogP contribution in [0.5, 0.6) is 0 Å². The Bertz CT molecular complexity index is 425. The molecule has 0 saturated heterocycles. The first-order chi connectivity index (χ1) is 6.63. The molecule has 0 fully saturated rings. The van der Waals surface area contributed by atoms with Gasteiger partial charge in [-0.3, -0.25) is 4.79 Å². The van der Waals surface area contributed by atoms with E-state index in [4.69, 9.17) is 23.4 Å². The molecule has 1 aromatic rings. The second kappa shape index (κ2) is 4.94. The number of aryl methyl sites for hydroxylation is 1. The van der Waals surface area contributed by atoms with Gasteiger partial charge in [-0.2, -0.15) is 0 Å². The fraction of sp³-hybridized carbons (Fsp3) is 0.333. The molecule has 0 aliphatic heterocycles. The van der Waals surface area contributed by atoms with Gasteiger partial charge in [0.05, 0.1) is 6.42 Å². The van der Waals surface area contributed by atoms with E-state index in [1.165, 1.54) is 11.3 Å². The van der Waals surface area contributed by atoms with E-state index in [1.54, 1.807) is 0 Å². The molecule has 1 aromatic heterocycles. The Labute approximate surface area is 91.1 Å². The van der Waals surface area contributed by atoms with Crippen LogP contribution in [-0.4, -0.2) is 17.6 Å². The van der Waals surface area contributed by atoms with Crippen LogP contribution >= 0.6 is 23.6 Å². The van der Waals surface area contributed by atoms with E-state index >= 15 is 0 Å². The van der Waals surface area contributed by atoms with Crippen molar-refractivity contribution >= 4 is 29.5 Å². The maximum Gasteiger partial charge on any atom is 0.312 e. The number of hydrogen-bond acceptors (Lipinski definition) is 4. The van der Waals surface area contributed by atoms with Crippen LogP contribution in [0.1, 0.15) is 10.6 Å². The van der Waals surface area contributed by atoms with Crippen molar-refractivity contribution in [1.29, 1.82) is 0 Å². The Kier molecular flexibility index (Phi) is 3.86. The van der Waals surface area contributed by atoms with Crippen LogP contribution in [0.15, 0.2) is 0 Å². The lowest BCUT2D eigenvalue weighted by atomic mass is 10.3. The zero-order valence-electron chi connectivity index (χ0n) is 7.62. The third-order valence-electron chi connectivity index (χ3n) is 1.55.